The van der Waals surface area contributed by atoms with E-state index in [9.17, 15) is 0 Å². The molecule has 1 aromatic rings. The monoisotopic (exact) mass is 212 g/mol. The van der Waals surface area contributed by atoms with Gasteiger partial charge in [0.25, 0.3) is 0 Å². The summed E-state index contributed by atoms with van der Waals surface area (Å²) in [6, 6.07) is 6.41. The zero-order chi connectivity index (χ0) is 8.43. The lowest BCUT2D eigenvalue weighted by atomic mass is 10.0. The van der Waals surface area contributed by atoms with Gasteiger partial charge in [-0.2, -0.15) is 0 Å². The first kappa shape index (κ1) is 8.79. The van der Waals surface area contributed by atoms with Gasteiger partial charge in [-0.3, -0.25) is 0 Å². The average Bonchev–Trinajstić information content (AvgIpc) is 1.85. The molecule has 1 aromatic carbocycles. The van der Waals surface area contributed by atoms with E-state index < -0.39 is 0 Å². The molecule has 0 N–H and O–H groups in total. The summed E-state index contributed by atoms with van der Waals surface area (Å²) in [5.74, 6) is 0. The van der Waals surface area contributed by atoms with E-state index in [4.69, 9.17) is 0 Å². The smallest absolute Gasteiger partial charge is 0.0372 e. The van der Waals surface area contributed by atoms with E-state index in [0.29, 0.717) is 4.83 Å². The van der Waals surface area contributed by atoms with Gasteiger partial charge in [0.2, 0.25) is 0 Å². The highest BCUT2D eigenvalue weighted by Crippen LogP contribution is 2.27. The Morgan fingerprint density at radius 3 is 1.91 bits per heavy atom. The quantitative estimate of drug-likeness (QED) is 0.623. The molecule has 0 aliphatic rings. The van der Waals surface area contributed by atoms with Crippen LogP contribution in [-0.2, 0) is 0 Å². The van der Waals surface area contributed by atoms with Crippen molar-refractivity contribution in [3.63, 3.8) is 0 Å². The molecule has 0 nitrogen and oxygen atoms in total. The van der Waals surface area contributed by atoms with Crippen molar-refractivity contribution in [2.24, 2.45) is 0 Å². The standard InChI is InChI=1S/C10H13Br/c1-7-5-4-6-8(2)10(7)9(3)11/h4-6,9H,1-3H3. The molecule has 0 radical (unpaired) electrons. The Kier molecular flexibility index (Phi) is 2.72. The molecule has 1 atom stereocenters. The van der Waals surface area contributed by atoms with Gasteiger partial charge in [-0.05, 0) is 37.5 Å². The molecular weight excluding hydrogens is 200 g/mol. The summed E-state index contributed by atoms with van der Waals surface area (Å²) in [5, 5.41) is 0. The molecule has 11 heavy (non-hydrogen) atoms. The molecule has 0 saturated heterocycles. The SMILES string of the molecule is Cc1cccc(C)c1C(C)Br. The normalized spacial score (nSPS) is 13.1. The maximum atomic E-state index is 3.58. The minimum Gasteiger partial charge on any atom is -0.0842 e. The van der Waals surface area contributed by atoms with Gasteiger partial charge in [-0.15, -0.1) is 0 Å². The predicted octanol–water partition coefficient (Wildman–Crippen LogP) is 3.76. The second-order valence-electron chi connectivity index (χ2n) is 2.92. The second-order valence-corrected chi connectivity index (χ2v) is 4.29. The molecule has 0 amide bonds. The fraction of sp³-hybridized carbons (Fsp3) is 0.400. The second kappa shape index (κ2) is 3.40. The molecule has 0 aromatic heterocycles. The van der Waals surface area contributed by atoms with Crippen molar-refractivity contribution >= 4 is 15.9 Å². The number of aryl methyl sites for hydroxylation is 2. The van der Waals surface area contributed by atoms with Crippen molar-refractivity contribution in [2.45, 2.75) is 25.6 Å². The topological polar surface area (TPSA) is 0 Å². The van der Waals surface area contributed by atoms with Gasteiger partial charge in [0.1, 0.15) is 0 Å². The van der Waals surface area contributed by atoms with Crippen molar-refractivity contribution in [3.05, 3.63) is 34.9 Å². The molecule has 60 valence electrons. The predicted molar refractivity (Wildman–Crippen MR) is 53.3 cm³/mol. The van der Waals surface area contributed by atoms with E-state index >= 15 is 0 Å². The van der Waals surface area contributed by atoms with Crippen molar-refractivity contribution in [1.82, 2.24) is 0 Å². The minimum atomic E-state index is 0.462. The lowest BCUT2D eigenvalue weighted by Crippen LogP contribution is -1.92. The number of hydrogen-bond acceptors (Lipinski definition) is 0. The highest BCUT2D eigenvalue weighted by atomic mass is 79.9. The van der Waals surface area contributed by atoms with Gasteiger partial charge in [0, 0.05) is 4.83 Å². The third kappa shape index (κ3) is 1.84. The lowest BCUT2D eigenvalue weighted by molar-refractivity contribution is 1.07. The molecule has 1 unspecified atom stereocenters. The number of halogens is 1. The maximum absolute atomic E-state index is 3.58. The summed E-state index contributed by atoms with van der Waals surface area (Å²) >= 11 is 3.58. The first-order valence-corrected chi connectivity index (χ1v) is 4.74. The van der Waals surface area contributed by atoms with Gasteiger partial charge in [-0.1, -0.05) is 34.1 Å². The van der Waals surface area contributed by atoms with E-state index in [2.05, 4.69) is 54.9 Å². The van der Waals surface area contributed by atoms with Crippen LogP contribution in [0.2, 0.25) is 0 Å². The molecule has 0 bridgehead atoms. The highest BCUT2D eigenvalue weighted by Gasteiger charge is 2.06. The summed E-state index contributed by atoms with van der Waals surface area (Å²) in [5.41, 5.74) is 4.16. The minimum absolute atomic E-state index is 0.462. The van der Waals surface area contributed by atoms with Gasteiger partial charge in [0.05, 0.1) is 0 Å². The molecule has 0 aliphatic carbocycles. The first-order valence-electron chi connectivity index (χ1n) is 3.83. The van der Waals surface area contributed by atoms with E-state index in [1.807, 2.05) is 0 Å². The van der Waals surface area contributed by atoms with Crippen LogP contribution >= 0.6 is 15.9 Å². The van der Waals surface area contributed by atoms with Gasteiger partial charge in [0.15, 0.2) is 0 Å². The van der Waals surface area contributed by atoms with Crippen LogP contribution in [0.3, 0.4) is 0 Å². The fourth-order valence-electron chi connectivity index (χ4n) is 1.45. The Morgan fingerprint density at radius 2 is 1.64 bits per heavy atom. The molecule has 0 fully saturated rings. The Morgan fingerprint density at radius 1 is 1.18 bits per heavy atom. The van der Waals surface area contributed by atoms with Crippen LogP contribution < -0.4 is 0 Å². The van der Waals surface area contributed by atoms with Crippen LogP contribution in [-0.4, -0.2) is 0 Å². The Hall–Kier alpha value is -0.300. The Balaban J connectivity index is 3.21. The van der Waals surface area contributed by atoms with E-state index in [-0.39, 0.29) is 0 Å². The molecule has 1 heteroatoms. The van der Waals surface area contributed by atoms with Crippen molar-refractivity contribution in [2.75, 3.05) is 0 Å². The first-order chi connectivity index (χ1) is 5.13. The van der Waals surface area contributed by atoms with Gasteiger partial charge < -0.3 is 0 Å². The fourth-order valence-corrected chi connectivity index (χ4v) is 2.18. The molecule has 0 heterocycles. The summed E-state index contributed by atoms with van der Waals surface area (Å²) in [6.07, 6.45) is 0. The largest absolute Gasteiger partial charge is 0.0842 e. The van der Waals surface area contributed by atoms with Crippen LogP contribution in [0.25, 0.3) is 0 Å². The molecule has 1 rings (SSSR count). The number of alkyl halides is 1. The van der Waals surface area contributed by atoms with Gasteiger partial charge >= 0.3 is 0 Å². The molecular formula is C10H13Br. The molecule has 0 spiro atoms. The summed E-state index contributed by atoms with van der Waals surface area (Å²) in [6.45, 7) is 6.47. The van der Waals surface area contributed by atoms with Crippen molar-refractivity contribution in [1.29, 1.82) is 0 Å². The lowest BCUT2D eigenvalue weighted by Gasteiger charge is -2.10. The van der Waals surface area contributed by atoms with Crippen LogP contribution in [0.4, 0.5) is 0 Å². The van der Waals surface area contributed by atoms with E-state index in [1.54, 1.807) is 0 Å². The summed E-state index contributed by atoms with van der Waals surface area (Å²) in [7, 11) is 0. The zero-order valence-corrected chi connectivity index (χ0v) is 8.77. The number of rotatable bonds is 1. The highest BCUT2D eigenvalue weighted by molar-refractivity contribution is 9.09. The van der Waals surface area contributed by atoms with E-state index in [0.717, 1.165) is 0 Å². The zero-order valence-electron chi connectivity index (χ0n) is 7.19. The number of hydrogen-bond donors (Lipinski definition) is 0. The molecule has 0 aliphatic heterocycles. The van der Waals surface area contributed by atoms with Gasteiger partial charge in [-0.25, -0.2) is 0 Å². The van der Waals surface area contributed by atoms with Crippen LogP contribution in [0.5, 0.6) is 0 Å². The van der Waals surface area contributed by atoms with Crippen molar-refractivity contribution in [3.8, 4) is 0 Å². The van der Waals surface area contributed by atoms with Crippen LogP contribution in [0.1, 0.15) is 28.4 Å². The third-order valence-electron chi connectivity index (χ3n) is 1.94. The Bertz CT molecular complexity index is 231. The Labute approximate surface area is 76.8 Å². The van der Waals surface area contributed by atoms with E-state index in [1.165, 1.54) is 16.7 Å². The average molecular weight is 213 g/mol. The summed E-state index contributed by atoms with van der Waals surface area (Å²) < 4.78 is 0. The summed E-state index contributed by atoms with van der Waals surface area (Å²) in [4.78, 5) is 0.462. The maximum Gasteiger partial charge on any atom is 0.0372 e. The molecule has 0 saturated carbocycles. The number of benzene rings is 1. The van der Waals surface area contributed by atoms with Crippen LogP contribution in [0, 0.1) is 13.8 Å². The van der Waals surface area contributed by atoms with Crippen LogP contribution in [0.15, 0.2) is 18.2 Å². The van der Waals surface area contributed by atoms with Crippen molar-refractivity contribution < 1.29 is 0 Å². The third-order valence-corrected chi connectivity index (χ3v) is 2.40.